The van der Waals surface area contributed by atoms with Gasteiger partial charge in [0.15, 0.2) is 0 Å². The number of carbonyl (C=O) groups is 3. The summed E-state index contributed by atoms with van der Waals surface area (Å²) in [5.41, 5.74) is -0.607. The number of benzene rings is 4. The Labute approximate surface area is 184 Å². The zero-order valence-electron chi connectivity index (χ0n) is 17.4. The van der Waals surface area contributed by atoms with Gasteiger partial charge < -0.3 is 10.1 Å². The molecular weight excluding hydrogens is 404 g/mol. The van der Waals surface area contributed by atoms with Gasteiger partial charge in [0.25, 0.3) is 5.91 Å². The van der Waals surface area contributed by atoms with E-state index in [1.54, 1.807) is 19.1 Å². The number of amides is 3. The summed E-state index contributed by atoms with van der Waals surface area (Å²) in [4.78, 5) is 39.2. The van der Waals surface area contributed by atoms with E-state index >= 15 is 0 Å². The molecule has 0 radical (unpaired) electrons. The van der Waals surface area contributed by atoms with Crippen LogP contribution in [0.3, 0.4) is 0 Å². The van der Waals surface area contributed by atoms with Gasteiger partial charge in [-0.1, -0.05) is 66.7 Å². The molecule has 1 unspecified atom stereocenters. The van der Waals surface area contributed by atoms with E-state index in [2.05, 4.69) is 5.32 Å². The molecule has 4 aromatic rings. The van der Waals surface area contributed by atoms with Crippen LogP contribution in [0.25, 0.3) is 21.5 Å². The van der Waals surface area contributed by atoms with Crippen molar-refractivity contribution in [3.05, 3.63) is 90.5 Å². The second kappa shape index (κ2) is 7.50. The first-order valence-corrected chi connectivity index (χ1v) is 10.3. The molecule has 1 aliphatic rings. The Morgan fingerprint density at radius 2 is 1.44 bits per heavy atom. The molecule has 1 heterocycles. The second-order valence-electron chi connectivity index (χ2n) is 7.99. The fraction of sp³-hybridized carbons (Fsp3) is 0.115. The van der Waals surface area contributed by atoms with Gasteiger partial charge in [0.05, 0.1) is 0 Å². The SMILES string of the molecule is CC1(c2ccc3ccccc3c2)NC(=O)N(CC(=O)Oc2ccc3ccccc3c2)C1=O. The number of urea groups is 1. The Morgan fingerprint density at radius 3 is 2.12 bits per heavy atom. The van der Waals surface area contributed by atoms with Gasteiger partial charge in [0, 0.05) is 0 Å². The predicted octanol–water partition coefficient (Wildman–Crippen LogP) is 4.37. The molecular formula is C26H20N2O4. The van der Waals surface area contributed by atoms with Crippen LogP contribution in [0.1, 0.15) is 12.5 Å². The molecule has 0 bridgehead atoms. The lowest BCUT2D eigenvalue weighted by Crippen LogP contribution is -2.42. The standard InChI is InChI=1S/C26H20N2O4/c1-26(21-12-10-17-6-2-4-8-19(17)14-21)24(30)28(25(31)27-26)16-23(29)32-22-13-11-18-7-3-5-9-20(18)15-22/h2-15H,16H2,1H3,(H,27,31). The summed E-state index contributed by atoms with van der Waals surface area (Å²) in [5, 5.41) is 6.68. The van der Waals surface area contributed by atoms with E-state index in [1.807, 2.05) is 72.8 Å². The van der Waals surface area contributed by atoms with Gasteiger partial charge in [-0.3, -0.25) is 9.69 Å². The molecule has 1 fully saturated rings. The fourth-order valence-electron chi connectivity index (χ4n) is 4.06. The molecule has 32 heavy (non-hydrogen) atoms. The molecule has 1 aliphatic heterocycles. The summed E-state index contributed by atoms with van der Waals surface area (Å²) in [6, 6.07) is 25.7. The van der Waals surface area contributed by atoms with Crippen molar-refractivity contribution in [1.82, 2.24) is 10.2 Å². The number of esters is 1. The highest BCUT2D eigenvalue weighted by Crippen LogP contribution is 2.31. The first kappa shape index (κ1) is 19.8. The van der Waals surface area contributed by atoms with Crippen LogP contribution in [-0.2, 0) is 15.1 Å². The van der Waals surface area contributed by atoms with Crippen LogP contribution in [0, 0.1) is 0 Å². The highest BCUT2D eigenvalue weighted by atomic mass is 16.5. The molecule has 0 saturated carbocycles. The molecule has 158 valence electrons. The summed E-state index contributed by atoms with van der Waals surface area (Å²) >= 11 is 0. The number of nitrogens with one attached hydrogen (secondary N) is 1. The highest BCUT2D eigenvalue weighted by molar-refractivity contribution is 6.09. The maximum absolute atomic E-state index is 13.2. The minimum atomic E-state index is -1.26. The Morgan fingerprint density at radius 1 is 0.844 bits per heavy atom. The molecule has 5 rings (SSSR count). The zero-order valence-corrected chi connectivity index (χ0v) is 17.4. The molecule has 0 aliphatic carbocycles. The van der Waals surface area contributed by atoms with Gasteiger partial charge >= 0.3 is 12.0 Å². The average molecular weight is 424 g/mol. The molecule has 0 aromatic heterocycles. The van der Waals surface area contributed by atoms with Crippen molar-refractivity contribution in [1.29, 1.82) is 0 Å². The van der Waals surface area contributed by atoms with Crippen molar-refractivity contribution < 1.29 is 19.1 Å². The van der Waals surface area contributed by atoms with Crippen molar-refractivity contribution in [3.63, 3.8) is 0 Å². The average Bonchev–Trinajstić information content (AvgIpc) is 3.02. The van der Waals surface area contributed by atoms with Crippen LogP contribution in [0.4, 0.5) is 4.79 Å². The number of ether oxygens (including phenoxy) is 1. The number of carbonyl (C=O) groups excluding carboxylic acids is 3. The molecule has 4 aromatic carbocycles. The molecule has 3 amide bonds. The van der Waals surface area contributed by atoms with Crippen molar-refractivity contribution >= 4 is 39.5 Å². The van der Waals surface area contributed by atoms with Crippen LogP contribution < -0.4 is 10.1 Å². The smallest absolute Gasteiger partial charge is 0.331 e. The van der Waals surface area contributed by atoms with E-state index in [0.717, 1.165) is 26.4 Å². The highest BCUT2D eigenvalue weighted by Gasteiger charge is 2.49. The van der Waals surface area contributed by atoms with Crippen LogP contribution in [0.5, 0.6) is 5.75 Å². The lowest BCUT2D eigenvalue weighted by molar-refractivity contribution is -0.140. The van der Waals surface area contributed by atoms with Gasteiger partial charge in [-0.25, -0.2) is 9.59 Å². The summed E-state index contributed by atoms with van der Waals surface area (Å²) < 4.78 is 5.40. The number of hydrogen-bond acceptors (Lipinski definition) is 4. The van der Waals surface area contributed by atoms with Gasteiger partial charge in [0.1, 0.15) is 17.8 Å². The lowest BCUT2D eigenvalue weighted by atomic mass is 9.90. The number of rotatable bonds is 4. The molecule has 6 heteroatoms. The summed E-state index contributed by atoms with van der Waals surface area (Å²) in [5.74, 6) is -0.821. The third-order valence-corrected chi connectivity index (χ3v) is 5.84. The maximum Gasteiger partial charge on any atom is 0.331 e. The predicted molar refractivity (Wildman–Crippen MR) is 121 cm³/mol. The number of nitrogens with zero attached hydrogens (tertiary/aromatic N) is 1. The van der Waals surface area contributed by atoms with E-state index in [0.29, 0.717) is 11.3 Å². The number of hydrogen-bond donors (Lipinski definition) is 1. The van der Waals surface area contributed by atoms with E-state index in [4.69, 9.17) is 4.74 Å². The van der Waals surface area contributed by atoms with Crippen LogP contribution in [0.2, 0.25) is 0 Å². The van der Waals surface area contributed by atoms with Gasteiger partial charge in [-0.2, -0.15) is 0 Å². The normalized spacial score (nSPS) is 18.2. The fourth-order valence-corrected chi connectivity index (χ4v) is 4.06. The summed E-state index contributed by atoms with van der Waals surface area (Å²) in [7, 11) is 0. The van der Waals surface area contributed by atoms with Gasteiger partial charge in [-0.05, 0) is 52.2 Å². The van der Waals surface area contributed by atoms with Crippen LogP contribution in [-0.4, -0.2) is 29.4 Å². The summed E-state index contributed by atoms with van der Waals surface area (Å²) in [6.45, 7) is 1.17. The van der Waals surface area contributed by atoms with E-state index in [1.165, 1.54) is 0 Å². The number of fused-ring (bicyclic) bond motifs is 2. The topological polar surface area (TPSA) is 75.7 Å². The van der Waals surface area contributed by atoms with E-state index in [9.17, 15) is 14.4 Å². The quantitative estimate of drug-likeness (QED) is 0.300. The molecule has 1 N–H and O–H groups in total. The monoisotopic (exact) mass is 424 g/mol. The van der Waals surface area contributed by atoms with Gasteiger partial charge in [0.2, 0.25) is 0 Å². The van der Waals surface area contributed by atoms with Crippen molar-refractivity contribution in [2.24, 2.45) is 0 Å². The molecule has 1 atom stereocenters. The molecule has 6 nitrogen and oxygen atoms in total. The van der Waals surface area contributed by atoms with Gasteiger partial charge in [-0.15, -0.1) is 0 Å². The Balaban J connectivity index is 1.35. The largest absolute Gasteiger partial charge is 0.425 e. The number of imide groups is 1. The van der Waals surface area contributed by atoms with Crippen molar-refractivity contribution in [2.45, 2.75) is 12.5 Å². The minimum absolute atomic E-state index is 0.359. The van der Waals surface area contributed by atoms with E-state index in [-0.39, 0.29) is 0 Å². The van der Waals surface area contributed by atoms with Crippen LogP contribution in [0.15, 0.2) is 84.9 Å². The first-order chi connectivity index (χ1) is 15.4. The maximum atomic E-state index is 13.2. The summed E-state index contributed by atoms with van der Waals surface area (Å²) in [6.07, 6.45) is 0. The first-order valence-electron chi connectivity index (χ1n) is 10.3. The molecule has 1 saturated heterocycles. The minimum Gasteiger partial charge on any atom is -0.425 e. The lowest BCUT2D eigenvalue weighted by Gasteiger charge is -2.22. The second-order valence-corrected chi connectivity index (χ2v) is 7.99. The van der Waals surface area contributed by atoms with E-state index < -0.39 is 30.0 Å². The Kier molecular flexibility index (Phi) is 4.63. The third-order valence-electron chi connectivity index (χ3n) is 5.84. The van der Waals surface area contributed by atoms with Crippen LogP contribution >= 0.6 is 0 Å². The third kappa shape index (κ3) is 3.36. The Hall–Kier alpha value is -4.19. The zero-order chi connectivity index (χ0) is 22.3. The Bertz CT molecular complexity index is 1400. The van der Waals surface area contributed by atoms with Crippen molar-refractivity contribution in [3.8, 4) is 5.75 Å². The van der Waals surface area contributed by atoms with Crippen molar-refractivity contribution in [2.75, 3.05) is 6.54 Å². The molecule has 0 spiro atoms.